The van der Waals surface area contributed by atoms with Gasteiger partial charge in [-0.3, -0.25) is 14.4 Å². The maximum Gasteiger partial charge on any atom is 0.306 e. The van der Waals surface area contributed by atoms with Crippen LogP contribution in [0.15, 0.2) is 24.3 Å². The van der Waals surface area contributed by atoms with E-state index in [2.05, 4.69) is 10.6 Å². The molecule has 22 heavy (non-hydrogen) atoms. The molecule has 0 saturated carbocycles. The van der Waals surface area contributed by atoms with Crippen molar-refractivity contribution in [1.29, 1.82) is 0 Å². The van der Waals surface area contributed by atoms with Crippen LogP contribution in [-0.2, 0) is 14.3 Å². The third kappa shape index (κ3) is 6.13. The van der Waals surface area contributed by atoms with Crippen LogP contribution in [0.5, 0.6) is 0 Å². The van der Waals surface area contributed by atoms with Gasteiger partial charge >= 0.3 is 5.97 Å². The molecule has 1 atom stereocenters. The molecule has 0 aromatic heterocycles. The maximum atomic E-state index is 11.8. The fourth-order valence-electron chi connectivity index (χ4n) is 1.65. The van der Waals surface area contributed by atoms with Crippen molar-refractivity contribution in [3.05, 3.63) is 34.9 Å². The van der Waals surface area contributed by atoms with Gasteiger partial charge in [0, 0.05) is 30.6 Å². The van der Waals surface area contributed by atoms with E-state index in [4.69, 9.17) is 16.3 Å². The lowest BCUT2D eigenvalue weighted by Crippen LogP contribution is -2.33. The normalized spacial score (nSPS) is 11.4. The van der Waals surface area contributed by atoms with Crippen LogP contribution in [-0.4, -0.2) is 37.5 Å². The summed E-state index contributed by atoms with van der Waals surface area (Å²) in [6.07, 6.45) is -0.262. The Labute approximate surface area is 134 Å². The number of hydrogen-bond acceptors (Lipinski definition) is 4. The minimum Gasteiger partial charge on any atom is -0.453 e. The van der Waals surface area contributed by atoms with Gasteiger partial charge in [0.05, 0.1) is 0 Å². The maximum absolute atomic E-state index is 11.8. The van der Waals surface area contributed by atoms with Gasteiger partial charge in [-0.05, 0) is 37.6 Å². The first-order chi connectivity index (χ1) is 10.4. The standard InChI is InChI=1S/C15H19ClN2O4/c1-10(14(20)17-2)22-13(19)4-3-9-18-15(21)11-5-7-12(16)8-6-11/h5-8,10H,3-4,9H2,1-2H3,(H,17,20)(H,18,21). The zero-order valence-corrected chi connectivity index (χ0v) is 13.3. The van der Waals surface area contributed by atoms with Crippen LogP contribution in [0.4, 0.5) is 0 Å². The lowest BCUT2D eigenvalue weighted by atomic mass is 10.2. The zero-order chi connectivity index (χ0) is 16.5. The lowest BCUT2D eigenvalue weighted by molar-refractivity contribution is -0.154. The lowest BCUT2D eigenvalue weighted by Gasteiger charge is -2.11. The Balaban J connectivity index is 2.24. The van der Waals surface area contributed by atoms with Crippen molar-refractivity contribution in [2.24, 2.45) is 0 Å². The predicted octanol–water partition coefficient (Wildman–Crippen LogP) is 1.53. The molecule has 0 aliphatic rings. The number of carbonyl (C=O) groups excluding carboxylic acids is 3. The molecule has 6 nitrogen and oxygen atoms in total. The fraction of sp³-hybridized carbons (Fsp3) is 0.400. The van der Waals surface area contributed by atoms with Gasteiger partial charge in [0.2, 0.25) is 0 Å². The molecule has 0 bridgehead atoms. The second-order valence-corrected chi connectivity index (χ2v) is 5.05. The van der Waals surface area contributed by atoms with Crippen molar-refractivity contribution in [3.8, 4) is 0 Å². The van der Waals surface area contributed by atoms with E-state index in [0.29, 0.717) is 23.6 Å². The van der Waals surface area contributed by atoms with Gasteiger partial charge < -0.3 is 15.4 Å². The topological polar surface area (TPSA) is 84.5 Å². The Morgan fingerprint density at radius 2 is 1.86 bits per heavy atom. The molecule has 0 spiro atoms. The molecular formula is C15H19ClN2O4. The van der Waals surface area contributed by atoms with Crippen molar-refractivity contribution in [2.75, 3.05) is 13.6 Å². The van der Waals surface area contributed by atoms with E-state index in [1.165, 1.54) is 14.0 Å². The molecule has 0 aliphatic carbocycles. The first-order valence-electron chi connectivity index (χ1n) is 6.89. The Morgan fingerprint density at radius 3 is 2.45 bits per heavy atom. The first-order valence-corrected chi connectivity index (χ1v) is 7.26. The van der Waals surface area contributed by atoms with E-state index in [0.717, 1.165) is 0 Å². The molecule has 1 aromatic carbocycles. The largest absolute Gasteiger partial charge is 0.453 e. The summed E-state index contributed by atoms with van der Waals surface area (Å²) in [4.78, 5) is 34.5. The number of nitrogens with one attached hydrogen (secondary N) is 2. The number of likely N-dealkylation sites (N-methyl/N-ethyl adjacent to an activating group) is 1. The predicted molar refractivity (Wildman–Crippen MR) is 82.6 cm³/mol. The summed E-state index contributed by atoms with van der Waals surface area (Å²) in [7, 11) is 1.47. The van der Waals surface area contributed by atoms with Gasteiger partial charge in [-0.2, -0.15) is 0 Å². The van der Waals surface area contributed by atoms with Crippen molar-refractivity contribution in [2.45, 2.75) is 25.9 Å². The minimum atomic E-state index is -0.818. The number of ether oxygens (including phenoxy) is 1. The number of halogens is 1. The minimum absolute atomic E-state index is 0.127. The van der Waals surface area contributed by atoms with Crippen LogP contribution in [0.25, 0.3) is 0 Å². The molecule has 7 heteroatoms. The van der Waals surface area contributed by atoms with Crippen molar-refractivity contribution in [3.63, 3.8) is 0 Å². The SMILES string of the molecule is CNC(=O)C(C)OC(=O)CCCNC(=O)c1ccc(Cl)cc1. The summed E-state index contributed by atoms with van der Waals surface area (Å²) in [5.41, 5.74) is 0.500. The van der Waals surface area contributed by atoms with Gasteiger partial charge in [-0.15, -0.1) is 0 Å². The molecule has 0 fully saturated rings. The third-order valence-electron chi connectivity index (χ3n) is 2.87. The smallest absolute Gasteiger partial charge is 0.306 e. The number of esters is 1. The number of benzene rings is 1. The summed E-state index contributed by atoms with van der Waals surface area (Å²) in [6.45, 7) is 1.84. The third-order valence-corrected chi connectivity index (χ3v) is 3.13. The van der Waals surface area contributed by atoms with Crippen molar-refractivity contribution >= 4 is 29.4 Å². The number of hydrogen-bond donors (Lipinski definition) is 2. The van der Waals surface area contributed by atoms with Gasteiger partial charge in [0.1, 0.15) is 0 Å². The summed E-state index contributed by atoms with van der Waals surface area (Å²) < 4.78 is 4.93. The average Bonchev–Trinajstić information content (AvgIpc) is 2.51. The second kappa shape index (κ2) is 9.04. The summed E-state index contributed by atoms with van der Waals surface area (Å²) in [5, 5.41) is 5.64. The van der Waals surface area contributed by atoms with Crippen LogP contribution in [0.3, 0.4) is 0 Å². The fourth-order valence-corrected chi connectivity index (χ4v) is 1.78. The second-order valence-electron chi connectivity index (χ2n) is 4.61. The Kier molecular flexibility index (Phi) is 7.39. The van der Waals surface area contributed by atoms with Gasteiger partial charge in [-0.25, -0.2) is 0 Å². The molecule has 2 N–H and O–H groups in total. The van der Waals surface area contributed by atoms with Crippen LogP contribution < -0.4 is 10.6 Å². The van der Waals surface area contributed by atoms with Gasteiger partial charge in [0.15, 0.2) is 6.10 Å². The van der Waals surface area contributed by atoms with Gasteiger partial charge in [-0.1, -0.05) is 11.6 Å². The molecule has 0 heterocycles. The van der Waals surface area contributed by atoms with Crippen molar-refractivity contribution < 1.29 is 19.1 Å². The van der Waals surface area contributed by atoms with Gasteiger partial charge in [0.25, 0.3) is 11.8 Å². The molecule has 0 saturated heterocycles. The highest BCUT2D eigenvalue weighted by Gasteiger charge is 2.15. The highest BCUT2D eigenvalue weighted by atomic mass is 35.5. The van der Waals surface area contributed by atoms with E-state index >= 15 is 0 Å². The molecule has 120 valence electrons. The summed E-state index contributed by atoms with van der Waals surface area (Å²) in [6, 6.07) is 6.51. The molecule has 1 aromatic rings. The molecule has 0 radical (unpaired) electrons. The van der Waals surface area contributed by atoms with Crippen LogP contribution >= 0.6 is 11.6 Å². The quantitative estimate of drug-likeness (QED) is 0.588. The van der Waals surface area contributed by atoms with E-state index in [1.807, 2.05) is 0 Å². The first kappa shape index (κ1) is 18.0. The number of rotatable bonds is 7. The van der Waals surface area contributed by atoms with E-state index in [-0.39, 0.29) is 18.2 Å². The Hall–Kier alpha value is -2.08. The summed E-state index contributed by atoms with van der Waals surface area (Å²) >= 11 is 5.74. The van der Waals surface area contributed by atoms with Crippen LogP contribution in [0.2, 0.25) is 5.02 Å². The van der Waals surface area contributed by atoms with Crippen LogP contribution in [0, 0.1) is 0 Å². The number of carbonyl (C=O) groups is 3. The molecule has 1 rings (SSSR count). The highest BCUT2D eigenvalue weighted by molar-refractivity contribution is 6.30. The highest BCUT2D eigenvalue weighted by Crippen LogP contribution is 2.09. The Morgan fingerprint density at radius 1 is 1.23 bits per heavy atom. The monoisotopic (exact) mass is 326 g/mol. The average molecular weight is 327 g/mol. The van der Waals surface area contributed by atoms with Crippen LogP contribution in [0.1, 0.15) is 30.1 Å². The van der Waals surface area contributed by atoms with E-state index in [1.54, 1.807) is 24.3 Å². The van der Waals surface area contributed by atoms with E-state index in [9.17, 15) is 14.4 Å². The Bertz CT molecular complexity index is 531. The number of amides is 2. The van der Waals surface area contributed by atoms with E-state index < -0.39 is 12.1 Å². The van der Waals surface area contributed by atoms with Crippen molar-refractivity contribution in [1.82, 2.24) is 10.6 Å². The summed E-state index contributed by atoms with van der Waals surface area (Å²) in [5.74, 6) is -1.06. The molecule has 1 unspecified atom stereocenters. The zero-order valence-electron chi connectivity index (χ0n) is 12.5. The molecular weight excluding hydrogens is 308 g/mol. The molecule has 2 amide bonds. The molecule has 0 aliphatic heterocycles.